The van der Waals surface area contributed by atoms with Crippen LogP contribution < -0.4 is 44.6 Å². The lowest BCUT2D eigenvalue weighted by atomic mass is 9.96. The Morgan fingerprint density at radius 3 is 1.84 bits per heavy atom. The third-order valence-corrected chi connectivity index (χ3v) is 5.70. The Labute approximate surface area is 220 Å². The number of primary amides is 2. The molecule has 0 bridgehead atoms. The van der Waals surface area contributed by atoms with Gasteiger partial charge in [0.25, 0.3) is 0 Å². The van der Waals surface area contributed by atoms with E-state index in [9.17, 15) is 33.9 Å². The second-order valence-electron chi connectivity index (χ2n) is 8.90. The topological polar surface area (TPSA) is 301 Å². The molecule has 0 aromatic rings. The molecule has 0 heterocycles. The largest absolute Gasteiger partial charge is 0.480 e. The van der Waals surface area contributed by atoms with E-state index in [-0.39, 0.29) is 51.0 Å². The van der Waals surface area contributed by atoms with Crippen molar-refractivity contribution in [1.29, 1.82) is 0 Å². The number of nitrogens with zero attached hydrogens (tertiary/aromatic N) is 1. The summed E-state index contributed by atoms with van der Waals surface area (Å²) in [4.78, 5) is 76.3. The molecule has 5 unspecified atom stereocenters. The fourth-order valence-corrected chi connectivity index (χ4v) is 3.24. The number of amides is 5. The number of carbonyl (C=O) groups is 6. The van der Waals surface area contributed by atoms with E-state index in [4.69, 9.17) is 28.7 Å². The van der Waals surface area contributed by atoms with Crippen LogP contribution in [0.25, 0.3) is 0 Å². The SMILES string of the molecule is CCC(C)C(NC(=O)C(N)CCC(N)=O)C(=O)NC(CCC(N)=O)C(=O)NC(CCCN=C(N)N)C(=O)O. The van der Waals surface area contributed by atoms with Crippen molar-refractivity contribution in [2.45, 2.75) is 83.0 Å². The highest BCUT2D eigenvalue weighted by Gasteiger charge is 2.32. The molecule has 14 N–H and O–H groups in total. The van der Waals surface area contributed by atoms with Gasteiger partial charge in [0, 0.05) is 19.4 Å². The van der Waals surface area contributed by atoms with Crippen LogP contribution in [0.4, 0.5) is 0 Å². The summed E-state index contributed by atoms with van der Waals surface area (Å²) in [7, 11) is 0. The molecule has 0 aromatic heterocycles. The van der Waals surface area contributed by atoms with Gasteiger partial charge in [-0.15, -0.1) is 0 Å². The summed E-state index contributed by atoms with van der Waals surface area (Å²) in [6.07, 6.45) is 0.0460. The molecule has 0 radical (unpaired) electrons. The molecule has 0 aliphatic carbocycles. The zero-order chi connectivity index (χ0) is 29.4. The van der Waals surface area contributed by atoms with E-state index in [0.717, 1.165) is 0 Å². The second kappa shape index (κ2) is 17.5. The van der Waals surface area contributed by atoms with Gasteiger partial charge in [0.05, 0.1) is 6.04 Å². The number of carboxylic acid groups (broad SMARTS) is 1. The molecule has 38 heavy (non-hydrogen) atoms. The van der Waals surface area contributed by atoms with E-state index in [1.807, 2.05) is 0 Å². The molecule has 0 aliphatic heterocycles. The monoisotopic (exact) mass is 543 g/mol. The van der Waals surface area contributed by atoms with Crippen molar-refractivity contribution in [3.05, 3.63) is 0 Å². The molecule has 0 spiro atoms. The quantitative estimate of drug-likeness (QED) is 0.0439. The molecule has 216 valence electrons. The van der Waals surface area contributed by atoms with Gasteiger partial charge in [-0.05, 0) is 31.6 Å². The molecule has 0 saturated heterocycles. The third-order valence-electron chi connectivity index (χ3n) is 5.70. The number of hydrogen-bond donors (Lipinski definition) is 9. The molecule has 0 rings (SSSR count). The molecule has 5 atom stereocenters. The Morgan fingerprint density at radius 1 is 0.789 bits per heavy atom. The van der Waals surface area contributed by atoms with E-state index < -0.39 is 65.6 Å². The summed E-state index contributed by atoms with van der Waals surface area (Å²) in [5.41, 5.74) is 26.5. The highest BCUT2D eigenvalue weighted by molar-refractivity contribution is 5.94. The number of carboxylic acids is 1. The molecule has 16 heteroatoms. The van der Waals surface area contributed by atoms with Crippen LogP contribution in [0.1, 0.15) is 58.8 Å². The molecule has 0 fully saturated rings. The molecule has 0 saturated carbocycles. The van der Waals surface area contributed by atoms with Gasteiger partial charge in [0.2, 0.25) is 29.5 Å². The van der Waals surface area contributed by atoms with Crippen molar-refractivity contribution in [2.24, 2.45) is 39.6 Å². The molecule has 0 aromatic carbocycles. The van der Waals surface area contributed by atoms with Crippen molar-refractivity contribution in [2.75, 3.05) is 6.54 Å². The molecule has 0 aliphatic rings. The van der Waals surface area contributed by atoms with Gasteiger partial charge in [0.1, 0.15) is 18.1 Å². The summed E-state index contributed by atoms with van der Waals surface area (Å²) in [5, 5.41) is 16.8. The normalized spacial score (nSPS) is 14.6. The minimum atomic E-state index is -1.33. The first-order chi connectivity index (χ1) is 17.7. The zero-order valence-electron chi connectivity index (χ0n) is 21.8. The summed E-state index contributed by atoms with van der Waals surface area (Å²) >= 11 is 0. The average molecular weight is 544 g/mol. The third kappa shape index (κ3) is 14.0. The fourth-order valence-electron chi connectivity index (χ4n) is 3.24. The van der Waals surface area contributed by atoms with Crippen molar-refractivity contribution in [1.82, 2.24) is 16.0 Å². The Hall–Kier alpha value is -3.95. The fraction of sp³-hybridized carbons (Fsp3) is 0.682. The van der Waals surface area contributed by atoms with Gasteiger partial charge in [-0.2, -0.15) is 0 Å². The van der Waals surface area contributed by atoms with Crippen molar-refractivity contribution in [3.63, 3.8) is 0 Å². The summed E-state index contributed by atoms with van der Waals surface area (Å²) in [5.74, 6) is -5.56. The Kier molecular flexibility index (Phi) is 15.7. The van der Waals surface area contributed by atoms with E-state index in [2.05, 4.69) is 20.9 Å². The second-order valence-corrected chi connectivity index (χ2v) is 8.90. The number of nitrogens with one attached hydrogen (secondary N) is 3. The molecular weight excluding hydrogens is 502 g/mol. The number of guanidine groups is 1. The molecule has 16 nitrogen and oxygen atoms in total. The van der Waals surface area contributed by atoms with Gasteiger partial charge in [-0.1, -0.05) is 20.3 Å². The highest BCUT2D eigenvalue weighted by atomic mass is 16.4. The zero-order valence-corrected chi connectivity index (χ0v) is 21.8. The van der Waals surface area contributed by atoms with Gasteiger partial charge >= 0.3 is 5.97 Å². The minimum absolute atomic E-state index is 0.0108. The van der Waals surface area contributed by atoms with Gasteiger partial charge in [0.15, 0.2) is 5.96 Å². The Bertz CT molecular complexity index is 877. The molecule has 5 amide bonds. The maximum Gasteiger partial charge on any atom is 0.326 e. The van der Waals surface area contributed by atoms with Gasteiger partial charge in [-0.3, -0.25) is 29.0 Å². The molecular formula is C22H41N9O7. The van der Waals surface area contributed by atoms with Crippen LogP contribution in [0.5, 0.6) is 0 Å². The standard InChI is InChI=1S/C22H41N9O7/c1-3-11(2)17(31-18(34)12(23)6-8-15(24)32)20(36)29-13(7-9-16(25)33)19(35)30-14(21(37)38)5-4-10-28-22(26)27/h11-14,17H,3-10,23H2,1-2H3,(H2,24,32)(H2,25,33)(H,29,36)(H,30,35)(H,31,34)(H,37,38)(H4,26,27,28). The smallest absolute Gasteiger partial charge is 0.326 e. The predicted octanol–water partition coefficient (Wildman–Crippen LogP) is -3.52. The van der Waals surface area contributed by atoms with E-state index in [0.29, 0.717) is 6.42 Å². The number of hydrogen-bond acceptors (Lipinski definition) is 8. The van der Waals surface area contributed by atoms with Crippen molar-refractivity contribution in [3.8, 4) is 0 Å². The summed E-state index contributed by atoms with van der Waals surface area (Å²) in [6, 6.07) is -4.88. The van der Waals surface area contributed by atoms with E-state index in [1.165, 1.54) is 0 Å². The van der Waals surface area contributed by atoms with Crippen LogP contribution in [0, 0.1) is 5.92 Å². The number of nitrogens with two attached hydrogens (primary N) is 5. The predicted molar refractivity (Wildman–Crippen MR) is 138 cm³/mol. The van der Waals surface area contributed by atoms with Crippen LogP contribution in [0.3, 0.4) is 0 Å². The first kappa shape index (κ1) is 34.0. The van der Waals surface area contributed by atoms with Gasteiger partial charge < -0.3 is 49.7 Å². The lowest BCUT2D eigenvalue weighted by Crippen LogP contribution is -2.58. The lowest BCUT2D eigenvalue weighted by Gasteiger charge is -2.28. The minimum Gasteiger partial charge on any atom is -0.480 e. The maximum atomic E-state index is 13.1. The Morgan fingerprint density at radius 2 is 1.34 bits per heavy atom. The van der Waals surface area contributed by atoms with Gasteiger partial charge in [-0.25, -0.2) is 4.79 Å². The number of aliphatic carboxylic acids is 1. The van der Waals surface area contributed by atoms with Crippen molar-refractivity contribution < 1.29 is 33.9 Å². The summed E-state index contributed by atoms with van der Waals surface area (Å²) < 4.78 is 0. The Balaban J connectivity index is 5.58. The van der Waals surface area contributed by atoms with Crippen LogP contribution in [0.2, 0.25) is 0 Å². The number of rotatable bonds is 19. The first-order valence-corrected chi connectivity index (χ1v) is 12.2. The average Bonchev–Trinajstić information content (AvgIpc) is 2.83. The first-order valence-electron chi connectivity index (χ1n) is 12.2. The summed E-state index contributed by atoms with van der Waals surface area (Å²) in [6.45, 7) is 3.61. The van der Waals surface area contributed by atoms with Crippen LogP contribution >= 0.6 is 0 Å². The van der Waals surface area contributed by atoms with E-state index >= 15 is 0 Å². The van der Waals surface area contributed by atoms with Crippen molar-refractivity contribution >= 4 is 41.5 Å². The maximum absolute atomic E-state index is 13.1. The number of aliphatic imine (C=N–C) groups is 1. The number of carbonyl (C=O) groups excluding carboxylic acids is 5. The lowest BCUT2D eigenvalue weighted by molar-refractivity contribution is -0.142. The van der Waals surface area contributed by atoms with Crippen LogP contribution in [-0.4, -0.2) is 77.3 Å². The van der Waals surface area contributed by atoms with Crippen LogP contribution in [-0.2, 0) is 28.8 Å². The van der Waals surface area contributed by atoms with E-state index in [1.54, 1.807) is 13.8 Å². The van der Waals surface area contributed by atoms with Crippen LogP contribution in [0.15, 0.2) is 4.99 Å². The highest BCUT2D eigenvalue weighted by Crippen LogP contribution is 2.11.